The average Bonchev–Trinajstić information content (AvgIpc) is 2.79. The van der Waals surface area contributed by atoms with E-state index in [-0.39, 0.29) is 12.5 Å². The van der Waals surface area contributed by atoms with Crippen molar-refractivity contribution >= 4 is 15.9 Å². The van der Waals surface area contributed by atoms with Crippen LogP contribution < -0.4 is 5.73 Å². The Kier molecular flexibility index (Phi) is 5.03. The molecule has 0 bridgehead atoms. The van der Waals surface area contributed by atoms with Crippen molar-refractivity contribution in [2.24, 2.45) is 17.6 Å². The molecule has 1 aliphatic carbocycles. The summed E-state index contributed by atoms with van der Waals surface area (Å²) in [6.07, 6.45) is -0.453. The van der Waals surface area contributed by atoms with E-state index >= 15 is 0 Å². The number of rotatable bonds is 3. The predicted molar refractivity (Wildman–Crippen MR) is 78.7 cm³/mol. The summed E-state index contributed by atoms with van der Waals surface area (Å²) in [5.41, 5.74) is 6.92. The Labute approximate surface area is 131 Å². The van der Waals surface area contributed by atoms with Crippen molar-refractivity contribution in [3.63, 3.8) is 0 Å². The van der Waals surface area contributed by atoms with Crippen LogP contribution in [0.5, 0.6) is 0 Å². The molecule has 1 saturated carbocycles. The van der Waals surface area contributed by atoms with Crippen LogP contribution in [0.15, 0.2) is 10.7 Å². The zero-order valence-corrected chi connectivity index (χ0v) is 13.8. The number of halogens is 4. The van der Waals surface area contributed by atoms with Gasteiger partial charge in [0.25, 0.3) is 0 Å². The van der Waals surface area contributed by atoms with Crippen LogP contribution in [0.1, 0.15) is 57.3 Å². The van der Waals surface area contributed by atoms with Gasteiger partial charge >= 0.3 is 6.18 Å². The summed E-state index contributed by atoms with van der Waals surface area (Å²) < 4.78 is 42.2. The second kappa shape index (κ2) is 6.28. The Hall–Kier alpha value is -0.560. The molecule has 0 radical (unpaired) electrons. The third-order valence-electron chi connectivity index (χ3n) is 4.29. The van der Waals surface area contributed by atoms with E-state index in [9.17, 15) is 13.2 Å². The maximum absolute atomic E-state index is 13.3. The Morgan fingerprint density at radius 3 is 2.52 bits per heavy atom. The lowest BCUT2D eigenvalue weighted by atomic mass is 9.74. The van der Waals surface area contributed by atoms with Crippen LogP contribution in [-0.2, 0) is 0 Å². The van der Waals surface area contributed by atoms with Gasteiger partial charge in [0.2, 0.25) is 0 Å². The lowest BCUT2D eigenvalue weighted by Gasteiger charge is -2.37. The van der Waals surface area contributed by atoms with Crippen LogP contribution in [0.3, 0.4) is 0 Å². The topological polar surface area (TPSA) is 43.8 Å². The molecule has 0 amide bonds. The van der Waals surface area contributed by atoms with E-state index in [4.69, 9.17) is 5.73 Å². The second-order valence-electron chi connectivity index (χ2n) is 6.04. The highest BCUT2D eigenvalue weighted by molar-refractivity contribution is 9.10. The fourth-order valence-electron chi connectivity index (χ4n) is 3.27. The molecule has 0 aliphatic heterocycles. The molecule has 1 aromatic rings. The third kappa shape index (κ3) is 3.44. The average molecular weight is 368 g/mol. The van der Waals surface area contributed by atoms with Crippen LogP contribution in [-0.4, -0.2) is 16.0 Å². The molecule has 0 spiro atoms. The van der Waals surface area contributed by atoms with Crippen molar-refractivity contribution in [3.05, 3.63) is 16.4 Å². The van der Waals surface area contributed by atoms with Gasteiger partial charge in [-0.2, -0.15) is 18.3 Å². The first-order valence-corrected chi connectivity index (χ1v) is 8.08. The number of aromatic nitrogens is 2. The van der Waals surface area contributed by atoms with E-state index < -0.39 is 24.1 Å². The molecule has 3 atom stereocenters. The van der Waals surface area contributed by atoms with Gasteiger partial charge in [0.1, 0.15) is 0 Å². The summed E-state index contributed by atoms with van der Waals surface area (Å²) in [4.78, 5) is 0. The van der Waals surface area contributed by atoms with Crippen molar-refractivity contribution in [3.8, 4) is 0 Å². The minimum Gasteiger partial charge on any atom is -0.322 e. The lowest BCUT2D eigenvalue weighted by Crippen LogP contribution is -2.39. The Morgan fingerprint density at radius 2 is 1.95 bits per heavy atom. The van der Waals surface area contributed by atoms with Crippen molar-refractivity contribution in [1.29, 1.82) is 0 Å². The summed E-state index contributed by atoms with van der Waals surface area (Å²) in [7, 11) is 0. The molecule has 2 N–H and O–H groups in total. The molecule has 1 aliphatic rings. The molecule has 7 heteroatoms. The monoisotopic (exact) mass is 367 g/mol. The minimum atomic E-state index is -4.18. The van der Waals surface area contributed by atoms with Gasteiger partial charge in [0, 0.05) is 6.04 Å². The molecule has 3 nitrogen and oxygen atoms in total. The van der Waals surface area contributed by atoms with E-state index in [2.05, 4.69) is 21.0 Å². The summed E-state index contributed by atoms with van der Waals surface area (Å²) in [6.45, 7) is 3.88. The highest BCUT2D eigenvalue weighted by Gasteiger charge is 2.48. The molecule has 0 aromatic carbocycles. The SMILES string of the molecule is CC(C)n1ncc(Br)c1C(N)C1CCCCC1C(F)(F)F. The molecular formula is C14H21BrF3N3. The van der Waals surface area contributed by atoms with Gasteiger partial charge in [-0.05, 0) is 48.5 Å². The summed E-state index contributed by atoms with van der Waals surface area (Å²) in [5.74, 6) is -1.90. The van der Waals surface area contributed by atoms with E-state index in [1.165, 1.54) is 0 Å². The number of alkyl halides is 3. The third-order valence-corrected chi connectivity index (χ3v) is 4.90. The summed E-state index contributed by atoms with van der Waals surface area (Å²) >= 11 is 3.38. The molecule has 1 fully saturated rings. The fraction of sp³-hybridized carbons (Fsp3) is 0.786. The zero-order chi connectivity index (χ0) is 15.8. The summed E-state index contributed by atoms with van der Waals surface area (Å²) in [6, 6.07) is -0.596. The van der Waals surface area contributed by atoms with Crippen molar-refractivity contribution in [1.82, 2.24) is 9.78 Å². The maximum Gasteiger partial charge on any atom is 0.392 e. The molecule has 2 rings (SSSR count). The van der Waals surface area contributed by atoms with Crippen LogP contribution in [0.25, 0.3) is 0 Å². The zero-order valence-electron chi connectivity index (χ0n) is 12.2. The van der Waals surface area contributed by atoms with Gasteiger partial charge in [0.05, 0.1) is 28.3 Å². The van der Waals surface area contributed by atoms with Crippen molar-refractivity contribution in [2.75, 3.05) is 0 Å². The van der Waals surface area contributed by atoms with Gasteiger partial charge < -0.3 is 5.73 Å². The Balaban J connectivity index is 2.33. The second-order valence-corrected chi connectivity index (χ2v) is 6.89. The maximum atomic E-state index is 13.3. The normalized spacial score (nSPS) is 25.3. The lowest BCUT2D eigenvalue weighted by molar-refractivity contribution is -0.198. The molecule has 120 valence electrons. The number of hydrogen-bond acceptors (Lipinski definition) is 2. The van der Waals surface area contributed by atoms with Gasteiger partial charge in [0.15, 0.2) is 0 Å². The number of hydrogen-bond donors (Lipinski definition) is 1. The highest BCUT2D eigenvalue weighted by atomic mass is 79.9. The van der Waals surface area contributed by atoms with Gasteiger partial charge in [-0.15, -0.1) is 0 Å². The van der Waals surface area contributed by atoms with Crippen LogP contribution >= 0.6 is 15.9 Å². The van der Waals surface area contributed by atoms with E-state index in [1.807, 2.05) is 13.8 Å². The highest BCUT2D eigenvalue weighted by Crippen LogP contribution is 2.46. The fourth-order valence-corrected chi connectivity index (χ4v) is 3.81. The smallest absolute Gasteiger partial charge is 0.322 e. The van der Waals surface area contributed by atoms with Gasteiger partial charge in [-0.1, -0.05) is 12.8 Å². The molecule has 1 aromatic heterocycles. The van der Waals surface area contributed by atoms with Crippen LogP contribution in [0.2, 0.25) is 0 Å². The van der Waals surface area contributed by atoms with E-state index in [0.29, 0.717) is 23.0 Å². The molecule has 3 unspecified atom stereocenters. The van der Waals surface area contributed by atoms with Gasteiger partial charge in [-0.3, -0.25) is 4.68 Å². The minimum absolute atomic E-state index is 0.0604. The molecular weight excluding hydrogens is 347 g/mol. The van der Waals surface area contributed by atoms with Crippen molar-refractivity contribution in [2.45, 2.75) is 57.8 Å². The first kappa shape index (κ1) is 16.8. The van der Waals surface area contributed by atoms with Gasteiger partial charge in [-0.25, -0.2) is 0 Å². The summed E-state index contributed by atoms with van der Waals surface area (Å²) in [5, 5.41) is 4.23. The van der Waals surface area contributed by atoms with E-state index in [1.54, 1.807) is 10.9 Å². The molecule has 21 heavy (non-hydrogen) atoms. The van der Waals surface area contributed by atoms with E-state index in [0.717, 1.165) is 6.42 Å². The number of nitrogens with two attached hydrogens (primary N) is 1. The van der Waals surface area contributed by atoms with Crippen LogP contribution in [0, 0.1) is 11.8 Å². The predicted octanol–water partition coefficient (Wildman–Crippen LogP) is 4.60. The molecule has 1 heterocycles. The molecule has 0 saturated heterocycles. The first-order valence-electron chi connectivity index (χ1n) is 7.28. The first-order chi connectivity index (χ1) is 9.73. The Bertz CT molecular complexity index is 484. The number of nitrogens with zero attached hydrogens (tertiary/aromatic N) is 2. The van der Waals surface area contributed by atoms with Crippen LogP contribution in [0.4, 0.5) is 13.2 Å². The standard InChI is InChI=1S/C14H21BrF3N3/c1-8(2)21-13(11(15)7-20-21)12(19)9-5-3-4-6-10(9)14(16,17)18/h7-10,12H,3-6,19H2,1-2H3. The van der Waals surface area contributed by atoms with Crippen molar-refractivity contribution < 1.29 is 13.2 Å². The Morgan fingerprint density at radius 1 is 1.33 bits per heavy atom. The largest absolute Gasteiger partial charge is 0.392 e. The quantitative estimate of drug-likeness (QED) is 0.848.